The number of anilines is 1. The lowest BCUT2D eigenvalue weighted by atomic mass is 10.1. The Morgan fingerprint density at radius 1 is 1.19 bits per heavy atom. The lowest BCUT2D eigenvalue weighted by molar-refractivity contribution is 0.626. The molecule has 0 saturated heterocycles. The Kier molecular flexibility index (Phi) is 3.27. The summed E-state index contributed by atoms with van der Waals surface area (Å²) in [6, 6.07) is 13.2. The minimum absolute atomic E-state index is 0.403. The standard InChI is InChI=1S/C15H13FN4O/c16-11-4-2-6-13(9-11)20-14(18-19-15(20)21)8-10-3-1-5-12(17)7-10/h1-7,9H,8,17H2,(H,19,21). The highest BCUT2D eigenvalue weighted by Crippen LogP contribution is 2.14. The summed E-state index contributed by atoms with van der Waals surface area (Å²) in [6.07, 6.45) is 0.417. The average molecular weight is 284 g/mol. The van der Waals surface area contributed by atoms with Gasteiger partial charge in [-0.2, -0.15) is 5.10 Å². The van der Waals surface area contributed by atoms with Crippen molar-refractivity contribution in [3.63, 3.8) is 0 Å². The van der Waals surface area contributed by atoms with Crippen molar-refractivity contribution in [1.82, 2.24) is 14.8 Å². The smallest absolute Gasteiger partial charge is 0.347 e. The summed E-state index contributed by atoms with van der Waals surface area (Å²) < 4.78 is 14.7. The maximum atomic E-state index is 13.3. The molecule has 0 amide bonds. The van der Waals surface area contributed by atoms with E-state index in [4.69, 9.17) is 5.73 Å². The van der Waals surface area contributed by atoms with Gasteiger partial charge in [0.2, 0.25) is 0 Å². The number of aromatic amines is 1. The zero-order valence-corrected chi connectivity index (χ0v) is 11.1. The highest BCUT2D eigenvalue weighted by molar-refractivity contribution is 5.42. The quantitative estimate of drug-likeness (QED) is 0.721. The summed E-state index contributed by atoms with van der Waals surface area (Å²) in [5.41, 5.74) is 7.34. The largest absolute Gasteiger partial charge is 0.399 e. The van der Waals surface area contributed by atoms with Crippen LogP contribution in [0, 0.1) is 5.82 Å². The molecule has 106 valence electrons. The summed E-state index contributed by atoms with van der Waals surface area (Å²) in [4.78, 5) is 11.9. The zero-order chi connectivity index (χ0) is 14.8. The summed E-state index contributed by atoms with van der Waals surface area (Å²) in [6.45, 7) is 0. The van der Waals surface area contributed by atoms with Gasteiger partial charge in [-0.3, -0.25) is 0 Å². The van der Waals surface area contributed by atoms with E-state index >= 15 is 0 Å². The number of H-pyrrole nitrogens is 1. The SMILES string of the molecule is Nc1cccc(Cc2n[nH]c(=O)n2-c2cccc(F)c2)c1. The molecule has 0 atom stereocenters. The van der Waals surface area contributed by atoms with Crippen LogP contribution in [-0.2, 0) is 6.42 Å². The molecule has 6 heteroatoms. The number of aromatic nitrogens is 3. The van der Waals surface area contributed by atoms with Gasteiger partial charge in [-0.1, -0.05) is 18.2 Å². The van der Waals surface area contributed by atoms with Crippen LogP contribution in [0.25, 0.3) is 5.69 Å². The first-order chi connectivity index (χ1) is 10.1. The van der Waals surface area contributed by atoms with Crippen molar-refractivity contribution in [2.75, 3.05) is 5.73 Å². The maximum absolute atomic E-state index is 13.3. The first-order valence-electron chi connectivity index (χ1n) is 6.40. The Morgan fingerprint density at radius 2 is 2.00 bits per heavy atom. The van der Waals surface area contributed by atoms with Gasteiger partial charge in [0.05, 0.1) is 5.69 Å². The third-order valence-electron chi connectivity index (χ3n) is 3.12. The van der Waals surface area contributed by atoms with Crippen LogP contribution in [-0.4, -0.2) is 14.8 Å². The van der Waals surface area contributed by atoms with Crippen LogP contribution in [0.3, 0.4) is 0 Å². The topological polar surface area (TPSA) is 76.7 Å². The van der Waals surface area contributed by atoms with E-state index in [1.54, 1.807) is 18.2 Å². The van der Waals surface area contributed by atoms with Crippen LogP contribution in [0.2, 0.25) is 0 Å². The van der Waals surface area contributed by atoms with Crippen molar-refractivity contribution in [2.24, 2.45) is 0 Å². The maximum Gasteiger partial charge on any atom is 0.347 e. The molecule has 21 heavy (non-hydrogen) atoms. The van der Waals surface area contributed by atoms with Gasteiger partial charge >= 0.3 is 5.69 Å². The molecule has 5 nitrogen and oxygen atoms in total. The Bertz CT molecular complexity index is 837. The van der Waals surface area contributed by atoms with Crippen LogP contribution in [0.15, 0.2) is 53.3 Å². The van der Waals surface area contributed by atoms with Crippen LogP contribution in [0.4, 0.5) is 10.1 Å². The van der Waals surface area contributed by atoms with E-state index in [2.05, 4.69) is 10.2 Å². The zero-order valence-electron chi connectivity index (χ0n) is 11.1. The molecule has 0 radical (unpaired) electrons. The van der Waals surface area contributed by atoms with Crippen molar-refractivity contribution >= 4 is 5.69 Å². The molecular weight excluding hydrogens is 271 g/mol. The molecular formula is C15H13FN4O. The molecule has 0 saturated carbocycles. The van der Waals surface area contributed by atoms with Gasteiger partial charge in [0.1, 0.15) is 11.6 Å². The number of nitrogen functional groups attached to an aromatic ring is 1. The summed E-state index contributed by atoms with van der Waals surface area (Å²) in [7, 11) is 0. The van der Waals surface area contributed by atoms with Crippen molar-refractivity contribution in [3.8, 4) is 5.69 Å². The molecule has 0 aliphatic carbocycles. The monoisotopic (exact) mass is 284 g/mol. The predicted molar refractivity (Wildman–Crippen MR) is 77.8 cm³/mol. The van der Waals surface area contributed by atoms with E-state index in [-0.39, 0.29) is 0 Å². The van der Waals surface area contributed by atoms with Crippen LogP contribution in [0.5, 0.6) is 0 Å². The Morgan fingerprint density at radius 3 is 2.76 bits per heavy atom. The lowest BCUT2D eigenvalue weighted by Crippen LogP contribution is -2.17. The van der Waals surface area contributed by atoms with Gasteiger partial charge in [0.15, 0.2) is 0 Å². The van der Waals surface area contributed by atoms with Crippen LogP contribution in [0.1, 0.15) is 11.4 Å². The predicted octanol–water partition coefficient (Wildman–Crippen LogP) is 1.87. The molecule has 0 fully saturated rings. The van der Waals surface area contributed by atoms with Gasteiger partial charge in [-0.15, -0.1) is 0 Å². The number of nitrogens with zero attached hydrogens (tertiary/aromatic N) is 2. The van der Waals surface area contributed by atoms with E-state index in [1.807, 2.05) is 18.2 Å². The van der Waals surface area contributed by atoms with E-state index in [0.717, 1.165) is 5.56 Å². The molecule has 0 unspecified atom stereocenters. The second-order valence-electron chi connectivity index (χ2n) is 4.68. The first kappa shape index (κ1) is 13.1. The number of hydrogen-bond acceptors (Lipinski definition) is 3. The fourth-order valence-corrected chi connectivity index (χ4v) is 2.22. The fourth-order valence-electron chi connectivity index (χ4n) is 2.22. The molecule has 3 aromatic rings. The van der Waals surface area contributed by atoms with Crippen molar-refractivity contribution in [2.45, 2.75) is 6.42 Å². The molecule has 0 aliphatic heterocycles. The molecule has 3 rings (SSSR count). The Balaban J connectivity index is 2.03. The number of hydrogen-bond donors (Lipinski definition) is 2. The Labute approximate surface area is 119 Å². The Hall–Kier alpha value is -2.89. The molecule has 3 N–H and O–H groups in total. The first-order valence-corrected chi connectivity index (χ1v) is 6.40. The van der Waals surface area contributed by atoms with Crippen LogP contribution >= 0.6 is 0 Å². The number of rotatable bonds is 3. The molecule has 0 bridgehead atoms. The third-order valence-corrected chi connectivity index (χ3v) is 3.12. The summed E-state index contributed by atoms with van der Waals surface area (Å²) >= 11 is 0. The van der Waals surface area contributed by atoms with Gasteiger partial charge < -0.3 is 5.73 Å². The lowest BCUT2D eigenvalue weighted by Gasteiger charge is -2.06. The molecule has 0 spiro atoms. The number of benzene rings is 2. The highest BCUT2D eigenvalue weighted by Gasteiger charge is 2.11. The van der Waals surface area contributed by atoms with Gasteiger partial charge in [0, 0.05) is 12.1 Å². The molecule has 1 aromatic heterocycles. The van der Waals surface area contributed by atoms with Crippen LogP contribution < -0.4 is 11.4 Å². The minimum Gasteiger partial charge on any atom is -0.399 e. The molecule has 2 aromatic carbocycles. The average Bonchev–Trinajstić information content (AvgIpc) is 2.80. The second kappa shape index (κ2) is 5.24. The minimum atomic E-state index is -0.407. The normalized spacial score (nSPS) is 10.7. The fraction of sp³-hybridized carbons (Fsp3) is 0.0667. The van der Waals surface area contributed by atoms with E-state index < -0.39 is 11.5 Å². The van der Waals surface area contributed by atoms with Gasteiger partial charge in [-0.05, 0) is 35.9 Å². The van der Waals surface area contributed by atoms with Crippen molar-refractivity contribution in [3.05, 3.63) is 76.2 Å². The number of nitrogens with two attached hydrogens (primary N) is 1. The summed E-state index contributed by atoms with van der Waals surface area (Å²) in [5, 5.41) is 6.40. The van der Waals surface area contributed by atoms with Gasteiger partial charge in [-0.25, -0.2) is 18.9 Å². The van der Waals surface area contributed by atoms with E-state index in [1.165, 1.54) is 16.7 Å². The second-order valence-corrected chi connectivity index (χ2v) is 4.68. The van der Waals surface area contributed by atoms with E-state index in [9.17, 15) is 9.18 Å². The number of halogens is 1. The third kappa shape index (κ3) is 2.69. The molecule has 1 heterocycles. The van der Waals surface area contributed by atoms with Crippen molar-refractivity contribution in [1.29, 1.82) is 0 Å². The van der Waals surface area contributed by atoms with E-state index in [0.29, 0.717) is 23.6 Å². The number of nitrogens with one attached hydrogen (secondary N) is 1. The highest BCUT2D eigenvalue weighted by atomic mass is 19.1. The van der Waals surface area contributed by atoms with Crippen molar-refractivity contribution < 1.29 is 4.39 Å². The summed E-state index contributed by atoms with van der Waals surface area (Å²) in [5.74, 6) is 0.0895. The van der Waals surface area contributed by atoms with Gasteiger partial charge in [0.25, 0.3) is 0 Å². The molecule has 0 aliphatic rings.